The quantitative estimate of drug-likeness (QED) is 0.454. The highest BCUT2D eigenvalue weighted by molar-refractivity contribution is 9.10. The molecule has 0 unspecified atom stereocenters. The Morgan fingerprint density at radius 1 is 1.40 bits per heavy atom. The van der Waals surface area contributed by atoms with Crippen molar-refractivity contribution in [1.82, 2.24) is 19.8 Å². The van der Waals surface area contributed by atoms with Gasteiger partial charge >= 0.3 is 5.69 Å². The summed E-state index contributed by atoms with van der Waals surface area (Å²) in [6.45, 7) is 1.95. The van der Waals surface area contributed by atoms with E-state index in [0.29, 0.717) is 31.1 Å². The lowest BCUT2D eigenvalue weighted by molar-refractivity contribution is -0.385. The van der Waals surface area contributed by atoms with E-state index in [-0.39, 0.29) is 30.0 Å². The van der Waals surface area contributed by atoms with Crippen molar-refractivity contribution in [3.05, 3.63) is 50.7 Å². The van der Waals surface area contributed by atoms with Crippen molar-refractivity contribution in [1.29, 1.82) is 0 Å². The fourth-order valence-corrected chi connectivity index (χ4v) is 3.27. The number of likely N-dealkylation sites (tertiary alicyclic amines) is 1. The van der Waals surface area contributed by atoms with Crippen molar-refractivity contribution in [3.8, 4) is 5.75 Å². The lowest BCUT2D eigenvalue weighted by atomic mass is 10.1. The summed E-state index contributed by atoms with van der Waals surface area (Å²) in [5.74, 6) is 0.414. The molecule has 0 saturated carbocycles. The van der Waals surface area contributed by atoms with Gasteiger partial charge in [-0.15, -0.1) is 0 Å². The fourth-order valence-electron chi connectivity index (χ4n) is 3.07. The smallest absolute Gasteiger partial charge is 0.310 e. The third kappa shape index (κ3) is 5.63. The molecule has 160 valence electrons. The SMILES string of the molecule is CN(C)CCOc1cc(C(=O)N2CC[C@@H](Nc3ncc(Br)cn3)C2)ccc1[N+](=O)[O-]. The van der Waals surface area contributed by atoms with Gasteiger partial charge in [0.25, 0.3) is 5.91 Å². The normalized spacial score (nSPS) is 16.0. The average molecular weight is 479 g/mol. The summed E-state index contributed by atoms with van der Waals surface area (Å²) in [7, 11) is 3.77. The maximum atomic E-state index is 12.9. The number of benzene rings is 1. The second kappa shape index (κ2) is 9.81. The summed E-state index contributed by atoms with van der Waals surface area (Å²) < 4.78 is 6.38. The van der Waals surface area contributed by atoms with Crippen molar-refractivity contribution < 1.29 is 14.5 Å². The molecule has 0 bridgehead atoms. The molecule has 0 radical (unpaired) electrons. The Bertz CT molecular complexity index is 908. The Labute approximate surface area is 182 Å². The predicted molar refractivity (Wildman–Crippen MR) is 115 cm³/mol. The van der Waals surface area contributed by atoms with Crippen LogP contribution in [0, 0.1) is 10.1 Å². The van der Waals surface area contributed by atoms with Crippen molar-refractivity contribution in [2.24, 2.45) is 0 Å². The van der Waals surface area contributed by atoms with Crippen molar-refractivity contribution >= 4 is 33.5 Å². The van der Waals surface area contributed by atoms with E-state index in [1.807, 2.05) is 19.0 Å². The molecule has 11 heteroatoms. The van der Waals surface area contributed by atoms with E-state index in [2.05, 4.69) is 31.2 Å². The molecule has 1 aromatic heterocycles. The fraction of sp³-hybridized carbons (Fsp3) is 0.421. The number of likely N-dealkylation sites (N-methyl/N-ethyl adjacent to an activating group) is 1. The largest absolute Gasteiger partial charge is 0.485 e. The van der Waals surface area contributed by atoms with Gasteiger partial charge in [0.2, 0.25) is 5.95 Å². The molecule has 1 aliphatic rings. The van der Waals surface area contributed by atoms with E-state index in [0.717, 1.165) is 10.9 Å². The first-order chi connectivity index (χ1) is 14.3. The van der Waals surface area contributed by atoms with Gasteiger partial charge in [-0.25, -0.2) is 9.97 Å². The molecular formula is C19H23BrN6O4. The number of ether oxygens (including phenoxy) is 1. The van der Waals surface area contributed by atoms with Gasteiger partial charge in [0.1, 0.15) is 6.61 Å². The standard InChI is InChI=1S/C19H23BrN6O4/c1-24(2)7-8-30-17-9-13(3-4-16(17)26(28)29)18(27)25-6-5-15(12-25)23-19-21-10-14(20)11-22-19/h3-4,9-11,15H,5-8,12H2,1-2H3,(H,21,22,23)/t15-/m1/s1. The molecule has 10 nitrogen and oxygen atoms in total. The molecule has 1 atom stereocenters. The van der Waals surface area contributed by atoms with E-state index < -0.39 is 4.92 Å². The minimum atomic E-state index is -0.507. The van der Waals surface area contributed by atoms with E-state index in [1.165, 1.54) is 18.2 Å². The van der Waals surface area contributed by atoms with Crippen LogP contribution in [-0.4, -0.2) is 77.0 Å². The molecule has 1 fully saturated rings. The van der Waals surface area contributed by atoms with E-state index in [1.54, 1.807) is 17.3 Å². The molecule has 0 aliphatic carbocycles. The molecule has 1 amide bonds. The highest BCUT2D eigenvalue weighted by Gasteiger charge is 2.28. The molecule has 1 aliphatic heterocycles. The number of amides is 1. The minimum Gasteiger partial charge on any atom is -0.485 e. The van der Waals surface area contributed by atoms with Crippen molar-refractivity contribution in [2.75, 3.05) is 45.7 Å². The van der Waals surface area contributed by atoms with Crippen LogP contribution in [0.2, 0.25) is 0 Å². The number of nitro benzene ring substituents is 1. The number of carbonyl (C=O) groups excluding carboxylic acids is 1. The summed E-state index contributed by atoms with van der Waals surface area (Å²) >= 11 is 3.29. The highest BCUT2D eigenvalue weighted by Crippen LogP contribution is 2.29. The van der Waals surface area contributed by atoms with E-state index in [9.17, 15) is 14.9 Å². The Hall–Kier alpha value is -2.79. The zero-order valence-corrected chi connectivity index (χ0v) is 18.3. The third-order valence-electron chi connectivity index (χ3n) is 4.63. The van der Waals surface area contributed by atoms with Gasteiger partial charge in [0.05, 0.1) is 9.40 Å². The maximum Gasteiger partial charge on any atom is 0.310 e. The summed E-state index contributed by atoms with van der Waals surface area (Å²) in [5, 5.41) is 14.5. The first-order valence-corrected chi connectivity index (χ1v) is 10.2. The second-order valence-corrected chi connectivity index (χ2v) is 8.11. The number of nitrogens with zero attached hydrogens (tertiary/aromatic N) is 5. The molecule has 1 saturated heterocycles. The van der Waals surface area contributed by atoms with E-state index in [4.69, 9.17) is 4.74 Å². The predicted octanol–water partition coefficient (Wildman–Crippen LogP) is 2.41. The average Bonchev–Trinajstić information content (AvgIpc) is 3.17. The third-order valence-corrected chi connectivity index (χ3v) is 5.04. The number of nitrogens with one attached hydrogen (secondary N) is 1. The van der Waals surface area contributed by atoms with Crippen LogP contribution in [0.15, 0.2) is 35.1 Å². The monoisotopic (exact) mass is 478 g/mol. The topological polar surface area (TPSA) is 114 Å². The summed E-state index contributed by atoms with van der Waals surface area (Å²) in [6.07, 6.45) is 4.06. The summed E-state index contributed by atoms with van der Waals surface area (Å²) in [6, 6.07) is 4.27. The van der Waals surface area contributed by atoms with Gasteiger partial charge in [-0.3, -0.25) is 14.9 Å². The molecule has 2 heterocycles. The van der Waals surface area contributed by atoms with Crippen LogP contribution in [0.1, 0.15) is 16.8 Å². The Morgan fingerprint density at radius 2 is 2.13 bits per heavy atom. The number of halogens is 1. The van der Waals surface area contributed by atoms with Crippen LogP contribution in [0.5, 0.6) is 5.75 Å². The zero-order chi connectivity index (χ0) is 21.7. The van der Waals surface area contributed by atoms with Gasteiger partial charge < -0.3 is 19.9 Å². The van der Waals surface area contributed by atoms with Crippen LogP contribution < -0.4 is 10.1 Å². The molecule has 1 N–H and O–H groups in total. The Balaban J connectivity index is 1.66. The Kier molecular flexibility index (Phi) is 7.16. The van der Waals surface area contributed by atoms with Gasteiger partial charge in [0, 0.05) is 55.8 Å². The first kappa shape index (κ1) is 21.9. The van der Waals surface area contributed by atoms with Crippen LogP contribution >= 0.6 is 15.9 Å². The van der Waals surface area contributed by atoms with Crippen LogP contribution in [0.3, 0.4) is 0 Å². The maximum absolute atomic E-state index is 12.9. The Morgan fingerprint density at radius 3 is 2.80 bits per heavy atom. The molecule has 3 rings (SSSR count). The van der Waals surface area contributed by atoms with Crippen LogP contribution in [-0.2, 0) is 0 Å². The van der Waals surface area contributed by atoms with Gasteiger partial charge in [-0.05, 0) is 42.5 Å². The summed E-state index contributed by atoms with van der Waals surface area (Å²) in [4.78, 5) is 35.7. The summed E-state index contributed by atoms with van der Waals surface area (Å²) in [5.41, 5.74) is 0.208. The molecule has 1 aromatic carbocycles. The molecular weight excluding hydrogens is 456 g/mol. The number of rotatable bonds is 8. The lowest BCUT2D eigenvalue weighted by Gasteiger charge is -2.18. The van der Waals surface area contributed by atoms with Crippen molar-refractivity contribution in [2.45, 2.75) is 12.5 Å². The highest BCUT2D eigenvalue weighted by atomic mass is 79.9. The number of aromatic nitrogens is 2. The molecule has 30 heavy (non-hydrogen) atoms. The molecule has 0 spiro atoms. The van der Waals surface area contributed by atoms with Crippen LogP contribution in [0.25, 0.3) is 0 Å². The van der Waals surface area contributed by atoms with Gasteiger partial charge in [0.15, 0.2) is 5.75 Å². The number of anilines is 1. The second-order valence-electron chi connectivity index (χ2n) is 7.20. The van der Waals surface area contributed by atoms with E-state index >= 15 is 0 Å². The zero-order valence-electron chi connectivity index (χ0n) is 16.7. The lowest BCUT2D eigenvalue weighted by Crippen LogP contribution is -2.32. The number of hydrogen-bond acceptors (Lipinski definition) is 8. The molecule has 2 aromatic rings. The minimum absolute atomic E-state index is 0.0315. The number of hydrogen-bond donors (Lipinski definition) is 1. The van der Waals surface area contributed by atoms with Gasteiger partial charge in [-0.1, -0.05) is 0 Å². The van der Waals surface area contributed by atoms with Crippen molar-refractivity contribution in [3.63, 3.8) is 0 Å². The van der Waals surface area contributed by atoms with Gasteiger partial charge in [-0.2, -0.15) is 0 Å². The number of carbonyl (C=O) groups is 1. The number of nitro groups is 1. The van der Waals surface area contributed by atoms with Crippen LogP contribution in [0.4, 0.5) is 11.6 Å². The first-order valence-electron chi connectivity index (χ1n) is 9.43.